The van der Waals surface area contributed by atoms with E-state index < -0.39 is 35.5 Å². The molecule has 2 unspecified atom stereocenters. The molecule has 0 saturated heterocycles. The van der Waals surface area contributed by atoms with E-state index in [9.17, 15) is 18.7 Å². The van der Waals surface area contributed by atoms with Crippen molar-refractivity contribution in [2.75, 3.05) is 0 Å². The normalized spacial score (nSPS) is 27.5. The number of carbonyl (C=O) groups excluding carboxylic acids is 1. The predicted molar refractivity (Wildman–Crippen MR) is 49.5 cm³/mol. The van der Waals surface area contributed by atoms with Crippen molar-refractivity contribution in [2.45, 2.75) is 43.1 Å². The Hall–Kier alpha value is -0.400. The number of ether oxygens (including phenoxy) is 1. The first-order valence-electron chi connectivity index (χ1n) is 4.57. The number of rotatable bonds is 3. The molecule has 0 aliphatic heterocycles. The van der Waals surface area contributed by atoms with Gasteiger partial charge < -0.3 is 14.4 Å². The summed E-state index contributed by atoms with van der Waals surface area (Å²) in [6, 6.07) is 0. The quantitative estimate of drug-likeness (QED) is 0.581. The van der Waals surface area contributed by atoms with Crippen LogP contribution in [0.25, 0.3) is 0 Å². The average molecular weight is 242 g/mol. The van der Waals surface area contributed by atoms with Crippen molar-refractivity contribution >= 4 is 18.0 Å². The van der Waals surface area contributed by atoms with Crippen LogP contribution in [0.15, 0.2) is 0 Å². The molecule has 7 heteroatoms. The number of alkyl halides is 2. The number of hydrogen-bond donors (Lipinski definition) is 2. The van der Waals surface area contributed by atoms with Gasteiger partial charge in [0.15, 0.2) is 0 Å². The lowest BCUT2D eigenvalue weighted by molar-refractivity contribution is -0.174. The molecule has 0 radical (unpaired) electrons. The maximum Gasteiger partial charge on any atom is 0.412 e. The van der Waals surface area contributed by atoms with Crippen LogP contribution < -0.4 is 0 Å². The Morgan fingerprint density at radius 2 is 2.00 bits per heavy atom. The predicted octanol–water partition coefficient (Wildman–Crippen LogP) is 1.63. The number of aliphatic hydroxyl groups is 1. The molecule has 1 aliphatic carbocycles. The van der Waals surface area contributed by atoms with E-state index in [1.54, 1.807) is 0 Å². The second kappa shape index (κ2) is 5.09. The van der Waals surface area contributed by atoms with Crippen molar-refractivity contribution in [3.63, 3.8) is 0 Å². The molecule has 4 nitrogen and oxygen atoms in total. The van der Waals surface area contributed by atoms with Crippen LogP contribution in [0.1, 0.15) is 25.7 Å². The van der Waals surface area contributed by atoms with Crippen LogP contribution in [-0.4, -0.2) is 33.1 Å². The lowest BCUT2D eigenvalue weighted by Gasteiger charge is -2.28. The van der Waals surface area contributed by atoms with Gasteiger partial charge in [-0.05, 0) is 19.3 Å². The number of halogens is 2. The Kier molecular flexibility index (Phi) is 4.30. The second-order valence-corrected chi connectivity index (χ2v) is 4.10. The zero-order chi connectivity index (χ0) is 11.5. The van der Waals surface area contributed by atoms with Crippen molar-refractivity contribution in [1.82, 2.24) is 0 Å². The van der Waals surface area contributed by atoms with E-state index in [1.807, 2.05) is 0 Å². The highest BCUT2D eigenvalue weighted by atomic mass is 32.2. The summed E-state index contributed by atoms with van der Waals surface area (Å²) in [7, 11) is 0. The molecule has 0 aromatic carbocycles. The topological polar surface area (TPSA) is 66.8 Å². The molecule has 2 N–H and O–H groups in total. The third-order valence-electron chi connectivity index (χ3n) is 2.28. The van der Waals surface area contributed by atoms with E-state index in [0.29, 0.717) is 12.8 Å². The Labute approximate surface area is 89.8 Å². The lowest BCUT2D eigenvalue weighted by Crippen LogP contribution is -2.38. The summed E-state index contributed by atoms with van der Waals surface area (Å²) < 4.78 is 37.8. The molecule has 0 aromatic rings. The molecule has 0 amide bonds. The zero-order valence-electron chi connectivity index (χ0n) is 7.86. The van der Waals surface area contributed by atoms with Crippen LogP contribution in [0.4, 0.5) is 8.78 Å². The third-order valence-corrected chi connectivity index (χ3v) is 2.67. The van der Waals surface area contributed by atoms with Crippen molar-refractivity contribution in [3.05, 3.63) is 0 Å². The monoisotopic (exact) mass is 242 g/mol. The summed E-state index contributed by atoms with van der Waals surface area (Å²) in [5.41, 5.74) is 0. The minimum absolute atomic E-state index is 0.374. The lowest BCUT2D eigenvalue weighted by atomic mass is 9.95. The molecule has 88 valence electrons. The summed E-state index contributed by atoms with van der Waals surface area (Å²) in [5, 5.41) is 5.40. The first-order valence-corrected chi connectivity index (χ1v) is 5.34. The van der Waals surface area contributed by atoms with E-state index in [-0.39, 0.29) is 0 Å². The molecule has 0 bridgehead atoms. The number of esters is 1. The number of hydrogen-bond acceptors (Lipinski definition) is 5. The summed E-state index contributed by atoms with van der Waals surface area (Å²) >= 11 is -0.865. The van der Waals surface area contributed by atoms with Gasteiger partial charge in [-0.15, -0.1) is 0 Å². The van der Waals surface area contributed by atoms with Gasteiger partial charge in [0.25, 0.3) is 0 Å². The number of aliphatic hydroxyl groups excluding tert-OH is 1. The fraction of sp³-hybridized carbons (Fsp3) is 0.875. The highest BCUT2D eigenvalue weighted by Crippen LogP contribution is 2.30. The molecular weight excluding hydrogens is 230 g/mol. The van der Waals surface area contributed by atoms with Gasteiger partial charge in [-0.2, -0.15) is 8.78 Å². The van der Waals surface area contributed by atoms with Crippen molar-refractivity contribution in [2.24, 2.45) is 0 Å². The minimum Gasteiger partial charge on any atom is -0.454 e. The fourth-order valence-electron chi connectivity index (χ4n) is 1.46. The van der Waals surface area contributed by atoms with E-state index in [1.165, 1.54) is 0 Å². The molecule has 1 rings (SSSR count). The van der Waals surface area contributed by atoms with Gasteiger partial charge in [0.05, 0.1) is 18.1 Å². The van der Waals surface area contributed by atoms with Crippen molar-refractivity contribution < 1.29 is 28.0 Å². The second-order valence-electron chi connectivity index (χ2n) is 3.40. The van der Waals surface area contributed by atoms with Gasteiger partial charge in [0.1, 0.15) is 6.10 Å². The highest BCUT2D eigenvalue weighted by molar-refractivity contribution is 7.95. The maximum absolute atomic E-state index is 12.6. The van der Waals surface area contributed by atoms with Crippen LogP contribution >= 0.6 is 12.0 Å². The molecule has 15 heavy (non-hydrogen) atoms. The molecule has 1 aliphatic rings. The number of carbonyl (C=O) groups is 1. The Morgan fingerprint density at radius 1 is 1.40 bits per heavy atom. The first-order chi connectivity index (χ1) is 6.97. The Balaban J connectivity index is 2.50. The first kappa shape index (κ1) is 12.7. The summed E-state index contributed by atoms with van der Waals surface area (Å²) in [4.78, 5) is 10.8. The zero-order valence-corrected chi connectivity index (χ0v) is 8.67. The standard InChI is InChI=1S/C8H12F2O4S/c9-8(10,15-13)7(12)14-6-4-2-1-3-5(6)11/h5-6,11,13H,1-4H2. The van der Waals surface area contributed by atoms with Gasteiger partial charge in [0, 0.05) is 0 Å². The minimum atomic E-state index is -3.96. The fourth-order valence-corrected chi connectivity index (χ4v) is 1.58. The van der Waals surface area contributed by atoms with Gasteiger partial charge in [-0.1, -0.05) is 6.42 Å². The SMILES string of the molecule is O=C(OC1CCCCC1O)C(F)(F)SO. The Morgan fingerprint density at radius 3 is 2.53 bits per heavy atom. The Bertz CT molecular complexity index is 237. The van der Waals surface area contributed by atoms with E-state index in [0.717, 1.165) is 12.8 Å². The van der Waals surface area contributed by atoms with Crippen LogP contribution in [0.5, 0.6) is 0 Å². The average Bonchev–Trinajstić information content (AvgIpc) is 2.21. The molecule has 0 aromatic heterocycles. The largest absolute Gasteiger partial charge is 0.454 e. The van der Waals surface area contributed by atoms with Gasteiger partial charge in [0.2, 0.25) is 0 Å². The summed E-state index contributed by atoms with van der Waals surface area (Å²) in [5.74, 6) is -1.80. The van der Waals surface area contributed by atoms with Gasteiger partial charge in [-0.25, -0.2) is 4.79 Å². The molecule has 1 saturated carbocycles. The van der Waals surface area contributed by atoms with Crippen LogP contribution in [-0.2, 0) is 9.53 Å². The van der Waals surface area contributed by atoms with E-state index in [2.05, 4.69) is 4.74 Å². The van der Waals surface area contributed by atoms with Crippen LogP contribution in [0.3, 0.4) is 0 Å². The van der Waals surface area contributed by atoms with Crippen LogP contribution in [0.2, 0.25) is 0 Å². The molecule has 2 atom stereocenters. The highest BCUT2D eigenvalue weighted by Gasteiger charge is 2.44. The third kappa shape index (κ3) is 3.29. The summed E-state index contributed by atoms with van der Waals surface area (Å²) in [6.45, 7) is 0. The van der Waals surface area contributed by atoms with Crippen LogP contribution in [0, 0.1) is 0 Å². The summed E-state index contributed by atoms with van der Waals surface area (Å²) in [6.07, 6.45) is 0.564. The van der Waals surface area contributed by atoms with E-state index in [4.69, 9.17) is 4.55 Å². The van der Waals surface area contributed by atoms with Crippen molar-refractivity contribution in [1.29, 1.82) is 0 Å². The molecule has 0 spiro atoms. The molecule has 1 fully saturated rings. The molecule has 0 heterocycles. The van der Waals surface area contributed by atoms with E-state index >= 15 is 0 Å². The molecular formula is C8H12F2O4S. The maximum atomic E-state index is 12.6. The van der Waals surface area contributed by atoms with Crippen molar-refractivity contribution in [3.8, 4) is 0 Å². The smallest absolute Gasteiger partial charge is 0.412 e. The van der Waals surface area contributed by atoms with Gasteiger partial charge >= 0.3 is 11.2 Å². The van der Waals surface area contributed by atoms with Gasteiger partial charge in [-0.3, -0.25) is 0 Å².